The number of anilines is 6. The largest absolute Gasteiger partial charge is 0.462 e. The number of aromatic amines is 1. The lowest BCUT2D eigenvalue weighted by Crippen LogP contribution is -2.56. The number of nitrogens with one attached hydrogen (secondary N) is 1. The van der Waals surface area contributed by atoms with E-state index in [-0.39, 0.29) is 106 Å². The van der Waals surface area contributed by atoms with Crippen LogP contribution >= 0.6 is 13.5 Å². The molecule has 0 saturated carbocycles. The number of alkyl halides is 4. The third kappa shape index (κ3) is 22.8. The summed E-state index contributed by atoms with van der Waals surface area (Å²) in [5.74, 6) is 1.91. The van der Waals surface area contributed by atoms with Crippen molar-refractivity contribution >= 4 is 98.2 Å². The van der Waals surface area contributed by atoms with E-state index in [1.54, 1.807) is 48.7 Å². The maximum atomic E-state index is 14.8. The van der Waals surface area contributed by atoms with Crippen molar-refractivity contribution in [3.8, 4) is 18.0 Å². The number of allylic oxidation sites excluding steroid dienone is 1. The minimum atomic E-state index is -1.26. The van der Waals surface area contributed by atoms with Crippen LogP contribution in [0.4, 0.5) is 52.1 Å². The predicted molar refractivity (Wildman–Crippen MR) is 534 cm³/mol. The molecule has 13 heterocycles. The first-order valence-corrected chi connectivity index (χ1v) is 47.5. The van der Waals surface area contributed by atoms with Gasteiger partial charge in [-0.25, -0.2) is 30.7 Å². The Morgan fingerprint density at radius 3 is 1.33 bits per heavy atom. The molecule has 3 amide bonds. The smallest absolute Gasteiger partial charge is 0.318 e. The number of carbonyl (C=O) groups is 3. The minimum Gasteiger partial charge on any atom is -0.462 e. The fourth-order valence-corrected chi connectivity index (χ4v) is 21.4. The van der Waals surface area contributed by atoms with Crippen LogP contribution in [0.2, 0.25) is 0 Å². The van der Waals surface area contributed by atoms with E-state index >= 15 is 0 Å². The number of methoxy groups -OCH3 is 1. The first kappa shape index (κ1) is 99.6. The summed E-state index contributed by atoms with van der Waals surface area (Å²) in [5.41, 5.74) is 11.8. The zero-order chi connectivity index (χ0) is 95.9. The van der Waals surface area contributed by atoms with Crippen LogP contribution in [-0.4, -0.2) is 320 Å². The average Bonchev–Trinajstić information content (AvgIpc) is 1.63. The highest BCUT2D eigenvalue weighted by molar-refractivity contribution is 7.59. The Balaban J connectivity index is 0.000000156. The number of amides is 3. The second-order valence-electron chi connectivity index (χ2n) is 38.5. The summed E-state index contributed by atoms with van der Waals surface area (Å²) < 4.78 is 80.5. The molecule has 0 radical (unpaired) electrons. The van der Waals surface area contributed by atoms with Crippen molar-refractivity contribution in [3.05, 3.63) is 206 Å². The molecule has 4 aromatic heterocycles. The Bertz CT molecular complexity index is 6030. The zero-order valence-corrected chi connectivity index (χ0v) is 81.6. The van der Waals surface area contributed by atoms with Crippen molar-refractivity contribution in [2.75, 3.05) is 215 Å². The number of aliphatic hydroxyl groups is 1. The average molecular weight is 1900 g/mol. The standard InChI is InChI=1S/C36H44FN7O3.C35H42FN7O3.C32H41F2N7O2.H2S/c1-25-9-6-10-26-11-7-12-31(33(25)26)42-15-14-29-30(22-42)39-35(47-23-27-19-36(2,37)24-41(27)4)40-34(29)43-16-17-44(28(21-43)20-38-3)32(45)13-8-18-46-5;1-24-8-5-9-25-10-6-11-30(32(24)25)41-14-13-28-29(21-41)38-34(46-22-26-18-35(2,36)23-40(26)4)39-33(28)42-15-16-43(27(20-42)19-37-3)31(45)12-7-17-44;1-21-16-26-24(7-10-35-26)29(22(21)2)41-11-8-25-27(18-41)36-31(43-19-23-17-32(3,34)20-38(23)4)37-30(25)40-14-12-39(13-15-40)28(42)6-5-9-33;/h6-13,27-28H,14-24H2,1-2,4-5H3;5-12,26-27,44H,13-23H2,1-2,4H3;5-7,10,16,23,35H,8-9,11-15,17-20H2,1-4H3;1H2/b13-8+;12-7+;6-5+;/t27-,28-,36?;26-,27-,35?;23-,32?;/m000./s1. The molecule has 5 aromatic carbocycles. The van der Waals surface area contributed by atoms with Crippen LogP contribution in [0.25, 0.3) is 42.1 Å². The van der Waals surface area contributed by atoms with Crippen LogP contribution in [-0.2, 0) is 58.0 Å². The molecule has 9 aliphatic rings. The highest BCUT2D eigenvalue weighted by atomic mass is 32.1. The number of aliphatic hydroxyl groups excluding tert-OH is 1. The normalized spacial score (nSPS) is 23.2. The van der Waals surface area contributed by atoms with Gasteiger partial charge in [0.2, 0.25) is 30.8 Å². The van der Waals surface area contributed by atoms with Crippen molar-refractivity contribution in [3.63, 3.8) is 0 Å². The molecule has 29 nitrogen and oxygen atoms in total. The molecule has 18 rings (SSSR count). The quantitative estimate of drug-likeness (QED) is 0.0324. The first-order valence-electron chi connectivity index (χ1n) is 47.5. The van der Waals surface area contributed by atoms with E-state index in [9.17, 15) is 31.9 Å². The van der Waals surface area contributed by atoms with Crippen molar-refractivity contribution in [2.24, 2.45) is 0 Å². The van der Waals surface area contributed by atoms with Gasteiger partial charge in [-0.2, -0.15) is 43.4 Å². The van der Waals surface area contributed by atoms with Gasteiger partial charge < -0.3 is 82.8 Å². The Morgan fingerprint density at radius 2 is 0.912 bits per heavy atom. The lowest BCUT2D eigenvalue weighted by atomic mass is 9.99. The van der Waals surface area contributed by atoms with Gasteiger partial charge in [0.25, 0.3) is 0 Å². The fraction of sp³-hybridized carbons (Fsp3) is 0.505. The highest BCUT2D eigenvalue weighted by Gasteiger charge is 2.45. The SMILES string of the molecule is Cc1cc2[nH]ccc2c(N2CCc3c(nc(OC[C@@H]4CC(C)(F)CN4C)nc3N3CCN(C(=O)/C=C/CF)CC3)C2)c1C.S.[C-]#[N+]C[C@H]1CN(c2nc(OC[C@@H]3CC(C)(F)CN3C)nc3c2CCN(c2cccc4cccc(C)c24)C3)CCN1C(=O)/C=C/CO.[C-]#[N+]C[C@H]1CN(c2nc(OC[C@@H]3CC(C)(F)CN3C)nc3c2CCN(c2cccc4cccc(C)c24)C3)CCN1C(=O)/C=C/COC. The number of aryl methyl sites for hydroxylation is 3. The Hall–Kier alpha value is -11.9. The summed E-state index contributed by atoms with van der Waals surface area (Å²) >= 11 is 0. The molecule has 0 aliphatic carbocycles. The number of fused-ring (bicyclic) bond motifs is 6. The molecule has 6 fully saturated rings. The number of carbonyl (C=O) groups excluding carboxylic acids is 3. The van der Waals surface area contributed by atoms with Gasteiger partial charge in [0, 0.05) is 229 Å². The van der Waals surface area contributed by atoms with E-state index in [1.807, 2.05) is 42.0 Å². The number of hydrogen-bond acceptors (Lipinski definition) is 23. The zero-order valence-electron chi connectivity index (χ0n) is 80.6. The second kappa shape index (κ2) is 43.4. The minimum absolute atomic E-state index is 0. The Morgan fingerprint density at radius 1 is 0.504 bits per heavy atom. The number of benzene rings is 5. The van der Waals surface area contributed by atoms with Crippen LogP contribution in [0.1, 0.15) is 96.1 Å². The summed E-state index contributed by atoms with van der Waals surface area (Å²) in [6, 6.07) is 29.9. The Kier molecular flexibility index (Phi) is 31.5. The highest BCUT2D eigenvalue weighted by Crippen LogP contribution is 2.43. The van der Waals surface area contributed by atoms with E-state index in [0.717, 1.165) is 95.6 Å². The fourth-order valence-electron chi connectivity index (χ4n) is 21.4. The van der Waals surface area contributed by atoms with Crippen molar-refractivity contribution < 1.29 is 56.0 Å². The van der Waals surface area contributed by atoms with Gasteiger partial charge in [-0.15, -0.1) is 0 Å². The van der Waals surface area contributed by atoms with E-state index in [1.165, 1.54) is 96.6 Å². The number of hydrogen-bond donors (Lipinski definition) is 2. The van der Waals surface area contributed by atoms with Crippen LogP contribution in [0.15, 0.2) is 128 Å². The molecular weight excluding hydrogens is 1770 g/mol. The van der Waals surface area contributed by atoms with Gasteiger partial charge in [-0.05, 0) is 152 Å². The number of halogens is 4. The molecule has 728 valence electrons. The molecule has 137 heavy (non-hydrogen) atoms. The number of likely N-dealkylation sites (N-methyl/N-ethyl adjacent to an activating group) is 3. The van der Waals surface area contributed by atoms with E-state index in [2.05, 4.69) is 157 Å². The number of nitrogens with zero attached hydrogens (tertiary/aromatic N) is 20. The topological polar surface area (TPSA) is 249 Å². The van der Waals surface area contributed by atoms with E-state index in [4.69, 9.17) is 67.1 Å². The van der Waals surface area contributed by atoms with Crippen LogP contribution in [0, 0.1) is 40.8 Å². The predicted octanol–water partition coefficient (Wildman–Crippen LogP) is 12.5. The third-order valence-electron chi connectivity index (χ3n) is 28.3. The number of likely N-dealkylation sites (tertiary alicyclic amines) is 3. The molecule has 0 spiro atoms. The lowest BCUT2D eigenvalue weighted by molar-refractivity contribution is -0.129. The van der Waals surface area contributed by atoms with Crippen LogP contribution in [0.3, 0.4) is 0 Å². The van der Waals surface area contributed by atoms with Gasteiger partial charge >= 0.3 is 18.0 Å². The Labute approximate surface area is 807 Å². The summed E-state index contributed by atoms with van der Waals surface area (Å²) in [7, 11) is 7.34. The van der Waals surface area contributed by atoms with Crippen molar-refractivity contribution in [1.82, 2.24) is 64.3 Å². The molecule has 34 heteroatoms. The summed E-state index contributed by atoms with van der Waals surface area (Å²) in [5, 5.41) is 15.2. The van der Waals surface area contributed by atoms with Gasteiger partial charge in [0.1, 0.15) is 73.0 Å². The number of piperazine rings is 3. The molecule has 9 aliphatic heterocycles. The van der Waals surface area contributed by atoms with Crippen LogP contribution in [0.5, 0.6) is 18.0 Å². The molecular formula is C103H129F4N21O8S. The summed E-state index contributed by atoms with van der Waals surface area (Å²) in [6.07, 6.45) is 14.0. The number of rotatable bonds is 24. The summed E-state index contributed by atoms with van der Waals surface area (Å²) in [4.78, 5) is 104. The van der Waals surface area contributed by atoms with Gasteiger partial charge in [-0.3, -0.25) is 29.1 Å². The van der Waals surface area contributed by atoms with Gasteiger partial charge in [0.05, 0.1) is 49.9 Å². The van der Waals surface area contributed by atoms with Gasteiger partial charge in [-0.1, -0.05) is 72.8 Å². The maximum Gasteiger partial charge on any atom is 0.318 e. The third-order valence-corrected chi connectivity index (χ3v) is 28.3. The lowest BCUT2D eigenvalue weighted by Gasteiger charge is -2.41. The van der Waals surface area contributed by atoms with Crippen LogP contribution < -0.4 is 43.6 Å². The summed E-state index contributed by atoms with van der Waals surface area (Å²) in [6.45, 7) is 39.8. The molecule has 0 bridgehead atoms. The maximum absolute atomic E-state index is 14.8. The number of H-pyrrole nitrogens is 1. The van der Waals surface area contributed by atoms with Crippen molar-refractivity contribution in [2.45, 2.75) is 154 Å². The first-order chi connectivity index (χ1) is 65.5. The monoisotopic (exact) mass is 1900 g/mol. The number of aromatic nitrogens is 7. The second-order valence-corrected chi connectivity index (χ2v) is 38.5. The van der Waals surface area contributed by atoms with E-state index < -0.39 is 23.7 Å². The van der Waals surface area contributed by atoms with Gasteiger partial charge in [0.15, 0.2) is 0 Å². The molecule has 3 unspecified atom stereocenters. The molecule has 6 saturated heterocycles. The van der Waals surface area contributed by atoms with Crippen molar-refractivity contribution in [1.29, 1.82) is 0 Å². The molecule has 9 aromatic rings. The molecule has 8 atom stereocenters. The number of ether oxygens (including phenoxy) is 4. The van der Waals surface area contributed by atoms with E-state index in [0.29, 0.717) is 143 Å². The molecule has 2 N–H and O–H groups in total.